The highest BCUT2D eigenvalue weighted by Gasteiger charge is 2.17. The van der Waals surface area contributed by atoms with Gasteiger partial charge in [0, 0.05) is 5.56 Å². The van der Waals surface area contributed by atoms with Crippen molar-refractivity contribution in [3.05, 3.63) is 54.1 Å². The van der Waals surface area contributed by atoms with Crippen LogP contribution in [0.25, 0.3) is 11.1 Å². The molecule has 0 aliphatic rings. The first-order chi connectivity index (χ1) is 9.09. The number of benzene rings is 2. The van der Waals surface area contributed by atoms with E-state index in [4.69, 9.17) is 4.74 Å². The average molecular weight is 256 g/mol. The van der Waals surface area contributed by atoms with Crippen LogP contribution in [0, 0.1) is 0 Å². The zero-order valence-electron chi connectivity index (χ0n) is 11.0. The molecule has 98 valence electrons. The van der Waals surface area contributed by atoms with Crippen molar-refractivity contribution in [3.8, 4) is 16.9 Å². The number of carboxylic acids is 1. The third-order valence-electron chi connectivity index (χ3n) is 2.68. The molecular formula is C16H16O3. The summed E-state index contributed by atoms with van der Waals surface area (Å²) in [7, 11) is 0. The van der Waals surface area contributed by atoms with Gasteiger partial charge in [-0.2, -0.15) is 0 Å². The molecule has 1 N–H and O–H groups in total. The van der Waals surface area contributed by atoms with Gasteiger partial charge in [-0.1, -0.05) is 42.5 Å². The first kappa shape index (κ1) is 13.1. The standard InChI is InChI=1S/C16H16O3/c1-11(2)19-15-13(12-7-4-3-5-8-12)9-6-10-14(15)16(17)18/h3-11H,1-2H3,(H,17,18). The van der Waals surface area contributed by atoms with Crippen molar-refractivity contribution in [1.82, 2.24) is 0 Å². The molecule has 0 fully saturated rings. The van der Waals surface area contributed by atoms with E-state index in [1.54, 1.807) is 12.1 Å². The highest BCUT2D eigenvalue weighted by molar-refractivity contribution is 5.94. The van der Waals surface area contributed by atoms with Crippen LogP contribution in [0.1, 0.15) is 24.2 Å². The van der Waals surface area contributed by atoms with Crippen LogP contribution < -0.4 is 4.74 Å². The summed E-state index contributed by atoms with van der Waals surface area (Å²) in [6, 6.07) is 14.8. The minimum Gasteiger partial charge on any atom is -0.489 e. The number of rotatable bonds is 4. The molecule has 0 aromatic heterocycles. The van der Waals surface area contributed by atoms with Crippen LogP contribution >= 0.6 is 0 Å². The first-order valence-electron chi connectivity index (χ1n) is 6.18. The monoisotopic (exact) mass is 256 g/mol. The fraction of sp³-hybridized carbons (Fsp3) is 0.188. The molecule has 0 amide bonds. The molecule has 0 saturated heterocycles. The third kappa shape index (κ3) is 2.94. The Morgan fingerprint density at radius 1 is 1.05 bits per heavy atom. The molecule has 2 aromatic rings. The molecule has 0 saturated carbocycles. The summed E-state index contributed by atoms with van der Waals surface area (Å²) in [6.45, 7) is 3.76. The minimum atomic E-state index is -0.978. The molecule has 0 radical (unpaired) electrons. The van der Waals surface area contributed by atoms with Crippen LogP contribution in [0.15, 0.2) is 48.5 Å². The van der Waals surface area contributed by atoms with Gasteiger partial charge in [0.1, 0.15) is 11.3 Å². The highest BCUT2D eigenvalue weighted by atomic mass is 16.5. The second-order valence-corrected chi connectivity index (χ2v) is 4.52. The SMILES string of the molecule is CC(C)Oc1c(C(=O)O)cccc1-c1ccccc1. The van der Waals surface area contributed by atoms with Crippen LogP contribution in [0.2, 0.25) is 0 Å². The molecule has 2 aromatic carbocycles. The molecule has 19 heavy (non-hydrogen) atoms. The van der Waals surface area contributed by atoms with Gasteiger partial charge in [0.05, 0.1) is 6.10 Å². The first-order valence-corrected chi connectivity index (χ1v) is 6.18. The maximum Gasteiger partial charge on any atom is 0.339 e. The number of hydrogen-bond acceptors (Lipinski definition) is 2. The zero-order valence-corrected chi connectivity index (χ0v) is 11.0. The van der Waals surface area contributed by atoms with Crippen molar-refractivity contribution in [2.24, 2.45) is 0 Å². The predicted molar refractivity (Wildman–Crippen MR) is 74.6 cm³/mol. The van der Waals surface area contributed by atoms with Crippen molar-refractivity contribution in [2.75, 3.05) is 0 Å². The van der Waals surface area contributed by atoms with E-state index in [1.165, 1.54) is 0 Å². The van der Waals surface area contributed by atoms with Gasteiger partial charge in [-0.3, -0.25) is 0 Å². The van der Waals surface area contributed by atoms with Gasteiger partial charge in [-0.25, -0.2) is 4.79 Å². The van der Waals surface area contributed by atoms with Crippen molar-refractivity contribution in [3.63, 3.8) is 0 Å². The van der Waals surface area contributed by atoms with Crippen molar-refractivity contribution < 1.29 is 14.6 Å². The lowest BCUT2D eigenvalue weighted by atomic mass is 10.0. The maximum absolute atomic E-state index is 11.3. The molecule has 0 aliphatic carbocycles. The maximum atomic E-state index is 11.3. The van der Waals surface area contributed by atoms with Crippen LogP contribution in [-0.4, -0.2) is 17.2 Å². The van der Waals surface area contributed by atoms with Crippen LogP contribution in [0.4, 0.5) is 0 Å². The molecule has 0 heterocycles. The Morgan fingerprint density at radius 2 is 1.74 bits per heavy atom. The van der Waals surface area contributed by atoms with Crippen LogP contribution in [0.5, 0.6) is 5.75 Å². The van der Waals surface area contributed by atoms with Gasteiger partial charge in [0.25, 0.3) is 0 Å². The lowest BCUT2D eigenvalue weighted by Crippen LogP contribution is -2.11. The van der Waals surface area contributed by atoms with E-state index < -0.39 is 5.97 Å². The smallest absolute Gasteiger partial charge is 0.339 e. The van der Waals surface area contributed by atoms with Gasteiger partial charge in [-0.05, 0) is 25.5 Å². The average Bonchev–Trinajstić information content (AvgIpc) is 2.39. The number of para-hydroxylation sites is 1. The Labute approximate surface area is 112 Å². The molecule has 3 heteroatoms. The number of aromatic carboxylic acids is 1. The summed E-state index contributed by atoms with van der Waals surface area (Å²) in [5.41, 5.74) is 1.94. The molecule has 2 rings (SSSR count). The second-order valence-electron chi connectivity index (χ2n) is 4.52. The van der Waals surface area contributed by atoms with Crippen molar-refractivity contribution in [2.45, 2.75) is 20.0 Å². The van der Waals surface area contributed by atoms with Crippen LogP contribution in [0.3, 0.4) is 0 Å². The van der Waals surface area contributed by atoms with E-state index in [-0.39, 0.29) is 11.7 Å². The third-order valence-corrected chi connectivity index (χ3v) is 2.68. The predicted octanol–water partition coefficient (Wildman–Crippen LogP) is 3.84. The summed E-state index contributed by atoms with van der Waals surface area (Å²) in [6.07, 6.45) is -0.0806. The van der Waals surface area contributed by atoms with E-state index in [1.807, 2.05) is 50.2 Å². The van der Waals surface area contributed by atoms with Gasteiger partial charge in [0.15, 0.2) is 0 Å². The van der Waals surface area contributed by atoms with E-state index in [2.05, 4.69) is 0 Å². The lowest BCUT2D eigenvalue weighted by molar-refractivity contribution is 0.0690. The lowest BCUT2D eigenvalue weighted by Gasteiger charge is -2.16. The van der Waals surface area contributed by atoms with E-state index in [0.29, 0.717) is 5.75 Å². The molecule has 3 nitrogen and oxygen atoms in total. The Bertz CT molecular complexity index is 574. The topological polar surface area (TPSA) is 46.5 Å². The molecule has 0 atom stereocenters. The minimum absolute atomic E-state index is 0.0806. The Kier molecular flexibility index (Phi) is 3.85. The van der Waals surface area contributed by atoms with Crippen molar-refractivity contribution in [1.29, 1.82) is 0 Å². The summed E-state index contributed by atoms with van der Waals surface area (Å²) < 4.78 is 5.71. The van der Waals surface area contributed by atoms with E-state index in [9.17, 15) is 9.90 Å². The molecule has 0 spiro atoms. The van der Waals surface area contributed by atoms with E-state index in [0.717, 1.165) is 11.1 Å². The highest BCUT2D eigenvalue weighted by Crippen LogP contribution is 2.33. The number of ether oxygens (including phenoxy) is 1. The van der Waals surface area contributed by atoms with Crippen molar-refractivity contribution >= 4 is 5.97 Å². The quantitative estimate of drug-likeness (QED) is 0.904. The number of carbonyl (C=O) groups is 1. The number of hydrogen-bond donors (Lipinski definition) is 1. The van der Waals surface area contributed by atoms with Gasteiger partial charge in [0.2, 0.25) is 0 Å². The Morgan fingerprint density at radius 3 is 2.32 bits per heavy atom. The fourth-order valence-corrected chi connectivity index (χ4v) is 1.91. The molecular weight excluding hydrogens is 240 g/mol. The molecule has 0 unspecified atom stereocenters. The second kappa shape index (κ2) is 5.57. The van der Waals surface area contributed by atoms with Gasteiger partial charge >= 0.3 is 5.97 Å². The largest absolute Gasteiger partial charge is 0.489 e. The zero-order chi connectivity index (χ0) is 13.8. The summed E-state index contributed by atoms with van der Waals surface area (Å²) >= 11 is 0. The van der Waals surface area contributed by atoms with Gasteiger partial charge in [-0.15, -0.1) is 0 Å². The summed E-state index contributed by atoms with van der Waals surface area (Å²) in [5.74, 6) is -0.551. The Balaban J connectivity index is 2.60. The molecule has 0 bridgehead atoms. The number of carboxylic acid groups (broad SMARTS) is 1. The van der Waals surface area contributed by atoms with E-state index >= 15 is 0 Å². The van der Waals surface area contributed by atoms with Crippen LogP contribution in [-0.2, 0) is 0 Å². The van der Waals surface area contributed by atoms with Gasteiger partial charge < -0.3 is 9.84 Å². The Hall–Kier alpha value is -2.29. The summed E-state index contributed by atoms with van der Waals surface area (Å²) in [4.78, 5) is 11.3. The molecule has 0 aliphatic heterocycles. The normalized spacial score (nSPS) is 10.5. The fourth-order valence-electron chi connectivity index (χ4n) is 1.91. The summed E-state index contributed by atoms with van der Waals surface area (Å²) in [5, 5.41) is 9.27.